The maximum atomic E-state index is 11.6. The Morgan fingerprint density at radius 1 is 1.31 bits per heavy atom. The summed E-state index contributed by atoms with van der Waals surface area (Å²) in [5, 5.41) is 11.7. The number of carbonyl (C=O) groups excluding carboxylic acids is 1. The highest BCUT2D eigenvalue weighted by atomic mass is 16.4. The molecule has 0 aromatic carbocycles. The van der Waals surface area contributed by atoms with Crippen molar-refractivity contribution in [3.8, 4) is 0 Å². The van der Waals surface area contributed by atoms with Crippen LogP contribution in [0.4, 0.5) is 4.79 Å². The number of likely N-dealkylation sites (tertiary alicyclic amines) is 1. The number of carboxylic acid groups (broad SMARTS) is 1. The number of hydrogen-bond donors (Lipinski definition) is 2. The second-order valence-corrected chi connectivity index (χ2v) is 4.73. The molecule has 90 valence electrons. The van der Waals surface area contributed by atoms with Gasteiger partial charge in [-0.3, -0.25) is 4.79 Å². The Hall–Kier alpha value is -1.26. The summed E-state index contributed by atoms with van der Waals surface area (Å²) in [4.78, 5) is 24.0. The topological polar surface area (TPSA) is 69.6 Å². The molecule has 1 aliphatic carbocycles. The molecule has 2 amide bonds. The van der Waals surface area contributed by atoms with Crippen molar-refractivity contribution in [1.82, 2.24) is 10.2 Å². The molecule has 0 bridgehead atoms. The summed E-state index contributed by atoms with van der Waals surface area (Å²) in [6.45, 7) is 1.63. The van der Waals surface area contributed by atoms with E-state index < -0.39 is 5.97 Å². The van der Waals surface area contributed by atoms with Crippen molar-refractivity contribution in [2.45, 2.75) is 25.7 Å². The van der Waals surface area contributed by atoms with Crippen LogP contribution in [-0.2, 0) is 4.79 Å². The summed E-state index contributed by atoms with van der Waals surface area (Å²) in [6.07, 6.45) is 4.22. The maximum absolute atomic E-state index is 11.6. The zero-order chi connectivity index (χ0) is 11.5. The molecule has 1 unspecified atom stereocenters. The number of nitrogens with one attached hydrogen (secondary N) is 1. The molecule has 0 radical (unpaired) electrons. The highest BCUT2D eigenvalue weighted by Crippen LogP contribution is 2.31. The highest BCUT2D eigenvalue weighted by molar-refractivity contribution is 5.77. The molecule has 0 aromatic heterocycles. The molecule has 0 aromatic rings. The minimum atomic E-state index is -0.798. The number of amides is 2. The molecule has 16 heavy (non-hydrogen) atoms. The Bertz CT molecular complexity index is 289. The number of urea groups is 1. The molecule has 1 saturated carbocycles. The molecule has 1 aliphatic heterocycles. The van der Waals surface area contributed by atoms with E-state index >= 15 is 0 Å². The van der Waals surface area contributed by atoms with Crippen molar-refractivity contribution < 1.29 is 14.7 Å². The minimum absolute atomic E-state index is 0.107. The quantitative estimate of drug-likeness (QED) is 0.748. The van der Waals surface area contributed by atoms with E-state index in [1.54, 1.807) is 4.90 Å². The molecule has 5 nitrogen and oxygen atoms in total. The van der Waals surface area contributed by atoms with Crippen LogP contribution in [0.15, 0.2) is 0 Å². The fraction of sp³-hybridized carbons (Fsp3) is 0.818. The minimum Gasteiger partial charge on any atom is -0.481 e. The first-order valence-electron chi connectivity index (χ1n) is 5.92. The molecular formula is C11H18N2O3. The summed E-state index contributed by atoms with van der Waals surface area (Å²) < 4.78 is 0. The molecule has 1 heterocycles. The third kappa shape index (κ3) is 2.87. The van der Waals surface area contributed by atoms with E-state index in [0.29, 0.717) is 19.5 Å². The van der Waals surface area contributed by atoms with E-state index in [9.17, 15) is 9.59 Å². The van der Waals surface area contributed by atoms with Crippen LogP contribution in [0.5, 0.6) is 0 Å². The molecule has 2 aliphatic rings. The van der Waals surface area contributed by atoms with Gasteiger partial charge in [0, 0.05) is 19.6 Å². The Labute approximate surface area is 94.8 Å². The summed E-state index contributed by atoms with van der Waals surface area (Å²) in [5.41, 5.74) is 0. The molecule has 2 N–H and O–H groups in total. The summed E-state index contributed by atoms with van der Waals surface area (Å²) in [7, 11) is 0. The fourth-order valence-electron chi connectivity index (χ4n) is 2.05. The lowest BCUT2D eigenvalue weighted by atomic mass is 10.1. The number of carboxylic acids is 1. The van der Waals surface area contributed by atoms with Crippen LogP contribution < -0.4 is 5.32 Å². The molecule has 1 atom stereocenters. The van der Waals surface area contributed by atoms with Crippen molar-refractivity contribution in [3.05, 3.63) is 0 Å². The Morgan fingerprint density at radius 2 is 2.06 bits per heavy atom. The first-order chi connectivity index (χ1) is 7.66. The average Bonchev–Trinajstić information content (AvgIpc) is 2.93. The van der Waals surface area contributed by atoms with Crippen molar-refractivity contribution in [3.63, 3.8) is 0 Å². The molecule has 1 saturated heterocycles. The van der Waals surface area contributed by atoms with Gasteiger partial charge in [-0.1, -0.05) is 12.8 Å². The normalized spacial score (nSPS) is 24.5. The van der Waals surface area contributed by atoms with Gasteiger partial charge in [-0.2, -0.15) is 0 Å². The van der Waals surface area contributed by atoms with Crippen molar-refractivity contribution >= 4 is 12.0 Å². The van der Waals surface area contributed by atoms with Crippen LogP contribution in [-0.4, -0.2) is 41.6 Å². The first-order valence-corrected chi connectivity index (χ1v) is 5.92. The molecule has 0 spiro atoms. The number of aliphatic carboxylic acids is 1. The van der Waals surface area contributed by atoms with Crippen molar-refractivity contribution in [2.75, 3.05) is 19.6 Å². The van der Waals surface area contributed by atoms with Gasteiger partial charge in [-0.15, -0.1) is 0 Å². The third-order valence-corrected chi connectivity index (χ3v) is 3.35. The van der Waals surface area contributed by atoms with E-state index in [1.165, 1.54) is 12.8 Å². The van der Waals surface area contributed by atoms with Crippen molar-refractivity contribution in [1.29, 1.82) is 0 Å². The average molecular weight is 226 g/mol. The maximum Gasteiger partial charge on any atom is 0.317 e. The Morgan fingerprint density at radius 3 is 2.62 bits per heavy atom. The monoisotopic (exact) mass is 226 g/mol. The number of nitrogens with zero attached hydrogens (tertiary/aromatic N) is 1. The second-order valence-electron chi connectivity index (χ2n) is 4.73. The first kappa shape index (κ1) is 11.2. The lowest BCUT2D eigenvalue weighted by molar-refractivity contribution is -0.141. The summed E-state index contributed by atoms with van der Waals surface area (Å²) in [5.74, 6) is -0.367. The number of rotatable bonds is 4. The molecule has 2 fully saturated rings. The van der Waals surface area contributed by atoms with Gasteiger partial charge < -0.3 is 15.3 Å². The lowest BCUT2D eigenvalue weighted by Crippen LogP contribution is -2.39. The van der Waals surface area contributed by atoms with E-state index in [0.717, 1.165) is 18.9 Å². The van der Waals surface area contributed by atoms with Gasteiger partial charge in [-0.25, -0.2) is 4.79 Å². The highest BCUT2D eigenvalue weighted by Gasteiger charge is 2.30. The van der Waals surface area contributed by atoms with Gasteiger partial charge in [0.1, 0.15) is 0 Å². The van der Waals surface area contributed by atoms with Crippen LogP contribution in [0.3, 0.4) is 0 Å². The van der Waals surface area contributed by atoms with Gasteiger partial charge in [0.2, 0.25) is 0 Å². The van der Waals surface area contributed by atoms with Crippen molar-refractivity contribution in [2.24, 2.45) is 11.8 Å². The van der Waals surface area contributed by atoms with Gasteiger partial charge in [0.25, 0.3) is 0 Å². The van der Waals surface area contributed by atoms with Gasteiger partial charge >= 0.3 is 12.0 Å². The van der Waals surface area contributed by atoms with Crippen LogP contribution in [0.1, 0.15) is 25.7 Å². The van der Waals surface area contributed by atoms with Crippen LogP contribution in [0.25, 0.3) is 0 Å². The van der Waals surface area contributed by atoms with Gasteiger partial charge in [-0.05, 0) is 18.8 Å². The fourth-order valence-corrected chi connectivity index (χ4v) is 2.05. The third-order valence-electron chi connectivity index (χ3n) is 3.35. The standard InChI is InChI=1S/C11H18N2O3/c14-10(15)9-4-6-13(7-9)11(16)12-5-3-8-1-2-8/h8-9H,1-7H2,(H,12,16)(H,14,15). The van der Waals surface area contributed by atoms with E-state index in [4.69, 9.17) is 5.11 Å². The van der Waals surface area contributed by atoms with Crippen LogP contribution in [0.2, 0.25) is 0 Å². The van der Waals surface area contributed by atoms with Crippen LogP contribution in [0, 0.1) is 11.8 Å². The summed E-state index contributed by atoms with van der Waals surface area (Å²) in [6, 6.07) is -0.107. The predicted molar refractivity (Wildman–Crippen MR) is 58.1 cm³/mol. The van der Waals surface area contributed by atoms with E-state index in [2.05, 4.69) is 5.32 Å². The lowest BCUT2D eigenvalue weighted by Gasteiger charge is -2.16. The SMILES string of the molecule is O=C(O)C1CCN(C(=O)NCCC2CC2)C1. The molecular weight excluding hydrogens is 208 g/mol. The van der Waals surface area contributed by atoms with Crippen LogP contribution >= 0.6 is 0 Å². The summed E-state index contributed by atoms with van der Waals surface area (Å²) >= 11 is 0. The number of carbonyl (C=O) groups is 2. The Kier molecular flexibility index (Phi) is 3.31. The second kappa shape index (κ2) is 4.72. The van der Waals surface area contributed by atoms with E-state index in [1.807, 2.05) is 0 Å². The molecule has 2 rings (SSSR count). The zero-order valence-corrected chi connectivity index (χ0v) is 9.32. The largest absolute Gasteiger partial charge is 0.481 e. The molecule has 5 heteroatoms. The van der Waals surface area contributed by atoms with E-state index in [-0.39, 0.29) is 11.9 Å². The Balaban J connectivity index is 1.66. The van der Waals surface area contributed by atoms with Gasteiger partial charge in [0.05, 0.1) is 5.92 Å². The zero-order valence-electron chi connectivity index (χ0n) is 9.32. The predicted octanol–water partition coefficient (Wildman–Crippen LogP) is 0.903. The number of hydrogen-bond acceptors (Lipinski definition) is 2. The van der Waals surface area contributed by atoms with Gasteiger partial charge in [0.15, 0.2) is 0 Å². The smallest absolute Gasteiger partial charge is 0.317 e.